The standard InChI is InChI=1S/C19H18NO2S.C12H12N.Fe/c1-15-10-12-18(13-11-15)23(21,22)20-19-9-5-4-8-17(19)14-16-6-2-3-7-16;13-12-8-4-3-7-11(12)9-10-5-1-2-6-10;/h2-13,20H,14H2,1H3;1-8H,9,13H2;. The second-order valence-electron chi connectivity index (χ2n) is 16.2. The van der Waals surface area contributed by atoms with Crippen molar-refractivity contribution >= 4 is 21.4 Å². The zero-order chi connectivity index (χ0) is 24.5. The third kappa shape index (κ3) is 0.443. The van der Waals surface area contributed by atoms with Crippen LogP contribution in [-0.2, 0) is 29.4 Å². The average Bonchev–Trinajstić information content (AvgIpc) is 3.83. The molecule has 0 aromatic heterocycles. The Hall–Kier alpha value is -2.27. The molecule has 13 rings (SSSR count). The maximum absolute atomic E-state index is 13.3. The number of nitrogen functional groups attached to an aromatic ring is 1. The van der Waals surface area contributed by atoms with Crippen LogP contribution in [0.4, 0.5) is 11.4 Å². The van der Waals surface area contributed by atoms with Gasteiger partial charge in [-0.2, -0.15) is 0 Å². The Labute approximate surface area is 207 Å². The van der Waals surface area contributed by atoms with E-state index in [0.717, 1.165) is 42.6 Å². The Morgan fingerprint density at radius 1 is 0.757 bits per heavy atom. The van der Waals surface area contributed by atoms with Gasteiger partial charge in [0.1, 0.15) is 0 Å². The molecule has 10 heterocycles. The van der Waals surface area contributed by atoms with Crippen LogP contribution in [0.2, 0.25) is 47.2 Å². The van der Waals surface area contributed by atoms with E-state index in [1.807, 2.05) is 31.2 Å². The van der Waals surface area contributed by atoms with Crippen LogP contribution in [0.5, 0.6) is 0 Å². The average molecular weight is 551 g/mol. The van der Waals surface area contributed by atoms with Gasteiger partial charge in [-0.25, -0.2) is 0 Å². The zero-order valence-electron chi connectivity index (χ0n) is 20.6. The van der Waals surface area contributed by atoms with Crippen molar-refractivity contribution < 1.29 is 14.9 Å². The van der Waals surface area contributed by atoms with Crippen LogP contribution in [0.15, 0.2) is 77.7 Å². The fraction of sp³-hybridized carbons (Fsp3) is 0.419. The van der Waals surface area contributed by atoms with Crippen LogP contribution < -0.4 is 10.5 Å². The summed E-state index contributed by atoms with van der Waals surface area (Å²) >= 11 is 0. The number of aryl methyl sites for hydroxylation is 1. The van der Waals surface area contributed by atoms with Crippen LogP contribution in [-0.4, -0.2) is 8.42 Å². The van der Waals surface area contributed by atoms with Gasteiger partial charge in [-0.3, -0.25) is 0 Å². The number of nitrogens with one attached hydrogen (secondary N) is 1. The van der Waals surface area contributed by atoms with Crippen molar-refractivity contribution in [2.75, 3.05) is 10.5 Å². The van der Waals surface area contributed by atoms with Crippen molar-refractivity contribution in [1.82, 2.24) is 0 Å². The van der Waals surface area contributed by atoms with E-state index in [-0.39, 0.29) is 0 Å². The fourth-order valence-electron chi connectivity index (χ4n) is 21.4. The van der Waals surface area contributed by atoms with Crippen LogP contribution in [0.3, 0.4) is 0 Å². The van der Waals surface area contributed by atoms with Gasteiger partial charge in [0, 0.05) is 0 Å². The van der Waals surface area contributed by atoms with E-state index >= 15 is 0 Å². The second-order valence-corrected chi connectivity index (χ2v) is 41.3. The Kier molecular flexibility index (Phi) is 1.27. The van der Waals surface area contributed by atoms with E-state index in [4.69, 9.17) is 5.73 Å². The van der Waals surface area contributed by atoms with E-state index in [0.29, 0.717) is 13.5 Å². The molecule has 8 atom stereocenters. The van der Waals surface area contributed by atoms with Crippen molar-refractivity contribution in [3.8, 4) is 0 Å². The summed E-state index contributed by atoms with van der Waals surface area (Å²) in [6.07, 6.45) is 2.42. The van der Waals surface area contributed by atoms with E-state index < -0.39 is 16.5 Å². The summed E-state index contributed by atoms with van der Waals surface area (Å²) in [6.45, 7) is -1.71. The first-order chi connectivity index (χ1) is 17.6. The molecule has 8 unspecified atom stereocenters. The molecular weight excluding hydrogens is 520 g/mol. The fourth-order valence-corrected chi connectivity index (χ4v) is 100. The number of sulfonamides is 1. The number of nitrogens with two attached hydrogens (primary N) is 1. The molecule has 0 saturated carbocycles. The van der Waals surface area contributed by atoms with Crippen LogP contribution in [0, 0.1) is 6.92 Å². The second kappa shape index (κ2) is 2.61. The van der Waals surface area contributed by atoms with E-state index in [1.54, 1.807) is 12.1 Å². The molecule has 190 valence electrons. The molecule has 3 aromatic carbocycles. The minimum absolute atomic E-state index is 0.338. The number of rotatable bonds is 7. The SMILES string of the molecule is Cc1ccc(S(=O)(=O)Nc2ccccc2C[C]23[CH]4[CH]5[CH]6[CH]2[Fe]56432789[CH]3[CH]2[CH]7[C]8(Cc2ccccc2N)[CH]39)cc1. The summed E-state index contributed by atoms with van der Waals surface area (Å²) in [4.78, 5) is 9.56. The molecule has 10 fully saturated rings. The predicted octanol–water partition coefficient (Wildman–Crippen LogP) is 7.29. The predicted molar refractivity (Wildman–Crippen MR) is 142 cm³/mol. The molecule has 10 saturated heterocycles. The van der Waals surface area contributed by atoms with Gasteiger partial charge in [-0.1, -0.05) is 0 Å². The Morgan fingerprint density at radius 3 is 1.84 bits per heavy atom. The monoisotopic (exact) mass is 550 g/mol. The van der Waals surface area contributed by atoms with E-state index in [1.165, 1.54) is 36.8 Å². The van der Waals surface area contributed by atoms with Crippen molar-refractivity contribution in [2.24, 2.45) is 0 Å². The van der Waals surface area contributed by atoms with Gasteiger partial charge in [0.05, 0.1) is 0 Å². The summed E-state index contributed by atoms with van der Waals surface area (Å²) in [5.41, 5.74) is 12.1. The number of hydrogen-bond donors (Lipinski definition) is 2. The van der Waals surface area contributed by atoms with Gasteiger partial charge in [0.2, 0.25) is 0 Å². The summed E-state index contributed by atoms with van der Waals surface area (Å²) < 4.78 is 31.0. The quantitative estimate of drug-likeness (QED) is 0.240. The van der Waals surface area contributed by atoms with Crippen molar-refractivity contribution in [1.29, 1.82) is 0 Å². The van der Waals surface area contributed by atoms with Crippen molar-refractivity contribution in [2.45, 2.75) is 71.8 Å². The number of benzene rings is 3. The summed E-state index contributed by atoms with van der Waals surface area (Å²) in [5.74, 6) is 0. The number of hydrogen-bond acceptors (Lipinski definition) is 3. The van der Waals surface area contributed by atoms with Gasteiger partial charge in [0.15, 0.2) is 0 Å². The molecule has 37 heavy (non-hydrogen) atoms. The van der Waals surface area contributed by atoms with E-state index in [2.05, 4.69) is 41.1 Å². The van der Waals surface area contributed by atoms with Crippen molar-refractivity contribution in [3.63, 3.8) is 0 Å². The molecule has 10 aliphatic rings. The molecule has 3 aromatic rings. The normalized spacial score (nSPS) is 63.3. The number of para-hydroxylation sites is 2. The molecule has 10 aliphatic heterocycles. The zero-order valence-corrected chi connectivity index (χ0v) is 22.5. The molecule has 6 heteroatoms. The first kappa shape index (κ1) is 18.1. The molecular formula is C31H30FeN2O2S. The van der Waals surface area contributed by atoms with Crippen molar-refractivity contribution in [3.05, 3.63) is 89.5 Å². The van der Waals surface area contributed by atoms with Crippen LogP contribution in [0.25, 0.3) is 0 Å². The van der Waals surface area contributed by atoms with Gasteiger partial charge in [-0.05, 0) is 0 Å². The minimum atomic E-state index is -3.69. The molecule has 1 spiro atoms. The van der Waals surface area contributed by atoms with Crippen LogP contribution in [0.1, 0.15) is 16.7 Å². The summed E-state index contributed by atoms with van der Waals surface area (Å²) in [7, 11) is -3.61. The number of fused-ring (bicyclic) bond motifs is 10. The molecule has 4 nitrogen and oxygen atoms in total. The van der Waals surface area contributed by atoms with Gasteiger partial charge in [0.25, 0.3) is 0 Å². The topological polar surface area (TPSA) is 72.2 Å². The maximum atomic E-state index is 13.3. The summed E-state index contributed by atoms with van der Waals surface area (Å²) in [5, 5.41) is 0. The summed E-state index contributed by atoms with van der Waals surface area (Å²) in [6, 6.07) is 24.1. The molecule has 0 bridgehead atoms. The third-order valence-corrected chi connectivity index (χ3v) is 65.3. The van der Waals surface area contributed by atoms with Crippen LogP contribution >= 0.6 is 0 Å². The Balaban J connectivity index is 0.949. The van der Waals surface area contributed by atoms with Gasteiger partial charge >= 0.3 is 208 Å². The Morgan fingerprint density at radius 2 is 1.27 bits per heavy atom. The van der Waals surface area contributed by atoms with Gasteiger partial charge < -0.3 is 0 Å². The third-order valence-electron chi connectivity index (χ3n) is 20.0. The molecule has 0 aliphatic carbocycles. The molecule has 3 N–H and O–H groups in total. The Bertz CT molecular complexity index is 2230. The first-order valence-corrected chi connectivity index (χ1v) is 21.5. The first-order valence-electron chi connectivity index (χ1n) is 13.8. The number of anilines is 2. The molecule has 0 amide bonds. The molecule has 0 radical (unpaired) electrons. The van der Waals surface area contributed by atoms with E-state index in [9.17, 15) is 8.42 Å². The van der Waals surface area contributed by atoms with Gasteiger partial charge in [-0.15, -0.1) is 0 Å².